The van der Waals surface area contributed by atoms with Crippen LogP contribution in [0.3, 0.4) is 0 Å². The zero-order valence-electron chi connectivity index (χ0n) is 15.7. The smallest absolute Gasteiger partial charge is 0.274 e. The van der Waals surface area contributed by atoms with Gasteiger partial charge in [0, 0.05) is 47.2 Å². The quantitative estimate of drug-likeness (QED) is 0.816. The van der Waals surface area contributed by atoms with Gasteiger partial charge in [0.1, 0.15) is 5.69 Å². The summed E-state index contributed by atoms with van der Waals surface area (Å²) in [6.45, 7) is 7.34. The summed E-state index contributed by atoms with van der Waals surface area (Å²) in [4.78, 5) is 23.5. The summed E-state index contributed by atoms with van der Waals surface area (Å²) in [7, 11) is 0. The number of carbonyl (C=O) groups is 1. The van der Waals surface area contributed by atoms with Crippen molar-refractivity contribution in [2.24, 2.45) is 5.73 Å². The molecule has 0 aromatic carbocycles. The highest BCUT2D eigenvalue weighted by Gasteiger charge is 2.24. The summed E-state index contributed by atoms with van der Waals surface area (Å²) < 4.78 is 1.83. The number of allylic oxidation sites excluding steroid dienone is 4. The van der Waals surface area contributed by atoms with Crippen LogP contribution in [0, 0.1) is 6.92 Å². The van der Waals surface area contributed by atoms with E-state index >= 15 is 0 Å². The van der Waals surface area contributed by atoms with Crippen LogP contribution in [-0.2, 0) is 6.54 Å². The van der Waals surface area contributed by atoms with Gasteiger partial charge in [0.05, 0.1) is 5.69 Å². The van der Waals surface area contributed by atoms with E-state index in [1.54, 1.807) is 17.2 Å². The standard InChI is InChI=1S/C19H23Cl2N5O/c1-4-25(5-2)18(27)16-10-26-17(13-7-6-12(20)8-15(13)21)14(9-22)11(3)23-19(26)24-16/h8,10H,4-7,9,22H2,1-3H3. The first kappa shape index (κ1) is 19.9. The number of fused-ring (bicyclic) bond motifs is 1. The minimum absolute atomic E-state index is 0.116. The summed E-state index contributed by atoms with van der Waals surface area (Å²) in [6.07, 6.45) is 4.90. The molecule has 0 aliphatic heterocycles. The van der Waals surface area contributed by atoms with Crippen molar-refractivity contribution >= 4 is 40.5 Å². The van der Waals surface area contributed by atoms with Crippen LogP contribution in [0.5, 0.6) is 0 Å². The lowest BCUT2D eigenvalue weighted by molar-refractivity contribution is 0.0768. The first-order chi connectivity index (χ1) is 12.9. The lowest BCUT2D eigenvalue weighted by atomic mass is 9.97. The Balaban J connectivity index is 2.25. The molecule has 2 heterocycles. The van der Waals surface area contributed by atoms with Gasteiger partial charge in [0.25, 0.3) is 5.91 Å². The molecule has 0 spiro atoms. The SMILES string of the molecule is CCN(CC)C(=O)c1cn2c(C3=C(Cl)C=C(Cl)CC3)c(CN)c(C)nc2n1. The second kappa shape index (κ2) is 8.00. The van der Waals surface area contributed by atoms with Gasteiger partial charge in [-0.05, 0) is 45.3 Å². The topological polar surface area (TPSA) is 76.5 Å². The number of nitrogens with two attached hydrogens (primary N) is 1. The normalized spacial score (nSPS) is 14.7. The van der Waals surface area contributed by atoms with E-state index in [4.69, 9.17) is 28.9 Å². The highest BCUT2D eigenvalue weighted by Crippen LogP contribution is 2.37. The minimum Gasteiger partial charge on any atom is -0.338 e. The van der Waals surface area contributed by atoms with Gasteiger partial charge in [-0.2, -0.15) is 0 Å². The van der Waals surface area contributed by atoms with Crippen LogP contribution < -0.4 is 5.73 Å². The highest BCUT2D eigenvalue weighted by molar-refractivity contribution is 6.37. The molecule has 0 atom stereocenters. The molecule has 1 amide bonds. The zero-order chi connectivity index (χ0) is 19.7. The van der Waals surface area contributed by atoms with Crippen LogP contribution in [0.1, 0.15) is 54.1 Å². The lowest BCUT2D eigenvalue weighted by Gasteiger charge is -2.19. The van der Waals surface area contributed by atoms with Crippen molar-refractivity contribution in [3.63, 3.8) is 0 Å². The second-order valence-corrected chi connectivity index (χ2v) is 7.31. The van der Waals surface area contributed by atoms with E-state index in [-0.39, 0.29) is 5.91 Å². The Hall–Kier alpha value is -1.89. The maximum absolute atomic E-state index is 12.7. The molecule has 6 nitrogen and oxygen atoms in total. The maximum Gasteiger partial charge on any atom is 0.274 e. The number of hydrogen-bond donors (Lipinski definition) is 1. The summed E-state index contributed by atoms with van der Waals surface area (Å²) in [5.74, 6) is 0.350. The predicted molar refractivity (Wildman–Crippen MR) is 109 cm³/mol. The molecule has 2 aromatic heterocycles. The van der Waals surface area contributed by atoms with E-state index < -0.39 is 0 Å². The van der Waals surface area contributed by atoms with E-state index in [1.165, 1.54) is 0 Å². The third-order valence-electron chi connectivity index (χ3n) is 4.86. The minimum atomic E-state index is -0.116. The van der Waals surface area contributed by atoms with Crippen LogP contribution in [0.15, 0.2) is 22.3 Å². The highest BCUT2D eigenvalue weighted by atomic mass is 35.5. The van der Waals surface area contributed by atoms with Gasteiger partial charge in [-0.15, -0.1) is 0 Å². The van der Waals surface area contributed by atoms with Gasteiger partial charge < -0.3 is 10.6 Å². The fraction of sp³-hybridized carbons (Fsp3) is 0.421. The number of nitrogens with zero attached hydrogens (tertiary/aromatic N) is 4. The average molecular weight is 408 g/mol. The number of carbonyl (C=O) groups excluding carboxylic acids is 1. The number of aryl methyl sites for hydroxylation is 1. The molecule has 0 saturated heterocycles. The summed E-state index contributed by atoms with van der Waals surface area (Å²) in [5, 5.41) is 1.31. The number of imidazole rings is 1. The number of hydrogen-bond acceptors (Lipinski definition) is 4. The van der Waals surface area contributed by atoms with Crippen LogP contribution in [0.4, 0.5) is 0 Å². The molecule has 2 aromatic rings. The van der Waals surface area contributed by atoms with E-state index in [0.717, 1.165) is 27.6 Å². The van der Waals surface area contributed by atoms with Crippen molar-refractivity contribution in [2.75, 3.05) is 13.1 Å². The lowest BCUT2D eigenvalue weighted by Crippen LogP contribution is -2.30. The second-order valence-electron chi connectivity index (χ2n) is 6.42. The molecule has 3 rings (SSSR count). The van der Waals surface area contributed by atoms with Crippen molar-refractivity contribution in [3.8, 4) is 0 Å². The Labute approximate surface area is 168 Å². The van der Waals surface area contributed by atoms with E-state index in [9.17, 15) is 4.79 Å². The van der Waals surface area contributed by atoms with Crippen LogP contribution >= 0.6 is 23.2 Å². The third kappa shape index (κ3) is 3.61. The Morgan fingerprint density at radius 1 is 1.26 bits per heavy atom. The van der Waals surface area contributed by atoms with Crippen molar-refractivity contribution in [1.29, 1.82) is 0 Å². The van der Waals surface area contributed by atoms with Gasteiger partial charge >= 0.3 is 0 Å². The van der Waals surface area contributed by atoms with Crippen molar-refractivity contribution < 1.29 is 4.79 Å². The van der Waals surface area contributed by atoms with Gasteiger partial charge in [-0.25, -0.2) is 9.97 Å². The van der Waals surface area contributed by atoms with Gasteiger partial charge in [-0.1, -0.05) is 23.2 Å². The number of amides is 1. The Kier molecular flexibility index (Phi) is 5.89. The van der Waals surface area contributed by atoms with Gasteiger partial charge in [-0.3, -0.25) is 9.20 Å². The molecule has 0 radical (unpaired) electrons. The third-order valence-corrected chi connectivity index (χ3v) is 5.50. The molecule has 8 heteroatoms. The van der Waals surface area contributed by atoms with Crippen molar-refractivity contribution in [1.82, 2.24) is 19.3 Å². The van der Waals surface area contributed by atoms with Crippen LogP contribution in [0.2, 0.25) is 0 Å². The Morgan fingerprint density at radius 2 is 1.96 bits per heavy atom. The fourth-order valence-corrected chi connectivity index (χ4v) is 3.96. The van der Waals surface area contributed by atoms with E-state index in [2.05, 4.69) is 9.97 Å². The predicted octanol–water partition coefficient (Wildman–Crippen LogP) is 3.84. The number of rotatable bonds is 5. The Bertz CT molecular complexity index is 957. The van der Waals surface area contributed by atoms with E-state index in [0.29, 0.717) is 49.0 Å². The van der Waals surface area contributed by atoms with Gasteiger partial charge in [0.15, 0.2) is 0 Å². The molecular weight excluding hydrogens is 385 g/mol. The van der Waals surface area contributed by atoms with Gasteiger partial charge in [0.2, 0.25) is 5.78 Å². The zero-order valence-corrected chi connectivity index (χ0v) is 17.2. The van der Waals surface area contributed by atoms with Crippen molar-refractivity contribution in [2.45, 2.75) is 40.2 Å². The molecule has 1 aliphatic rings. The number of aromatic nitrogens is 3. The monoisotopic (exact) mass is 407 g/mol. The number of halogens is 2. The van der Waals surface area contributed by atoms with Crippen LogP contribution in [-0.4, -0.2) is 38.3 Å². The van der Waals surface area contributed by atoms with E-state index in [1.807, 2.05) is 25.2 Å². The molecule has 2 N–H and O–H groups in total. The first-order valence-electron chi connectivity index (χ1n) is 9.04. The Morgan fingerprint density at radius 3 is 2.56 bits per heavy atom. The summed E-state index contributed by atoms with van der Waals surface area (Å²) >= 11 is 12.6. The molecule has 144 valence electrons. The molecule has 0 fully saturated rings. The molecular formula is C19H23Cl2N5O. The molecule has 27 heavy (non-hydrogen) atoms. The molecule has 0 saturated carbocycles. The van der Waals surface area contributed by atoms with Crippen LogP contribution in [0.25, 0.3) is 11.4 Å². The molecule has 0 unspecified atom stereocenters. The van der Waals surface area contributed by atoms with Crippen molar-refractivity contribution in [3.05, 3.63) is 45.0 Å². The molecule has 1 aliphatic carbocycles. The largest absolute Gasteiger partial charge is 0.338 e. The average Bonchev–Trinajstić information content (AvgIpc) is 3.05. The fourth-order valence-electron chi connectivity index (χ4n) is 3.39. The first-order valence-corrected chi connectivity index (χ1v) is 9.79. The molecule has 0 bridgehead atoms. The summed E-state index contributed by atoms with van der Waals surface area (Å²) in [5.41, 5.74) is 9.86. The maximum atomic E-state index is 12.7. The summed E-state index contributed by atoms with van der Waals surface area (Å²) in [6, 6.07) is 0.